The summed E-state index contributed by atoms with van der Waals surface area (Å²) in [6.07, 6.45) is 1.63. The smallest absolute Gasteiger partial charge is 0.0710 e. The van der Waals surface area contributed by atoms with Gasteiger partial charge in [-0.2, -0.15) is 0 Å². The molecule has 0 radical (unpaired) electrons. The summed E-state index contributed by atoms with van der Waals surface area (Å²) >= 11 is 0. The maximum atomic E-state index is 5.41. The number of ether oxygens (including phenoxy) is 1. The van der Waals surface area contributed by atoms with Crippen molar-refractivity contribution < 1.29 is 4.74 Å². The highest BCUT2D eigenvalue weighted by Gasteiger charge is 2.28. The van der Waals surface area contributed by atoms with E-state index in [2.05, 4.69) is 44.8 Å². The van der Waals surface area contributed by atoms with E-state index in [9.17, 15) is 0 Å². The fraction of sp³-hybridized carbons (Fsp3) is 1.00. The van der Waals surface area contributed by atoms with Gasteiger partial charge in [0.1, 0.15) is 0 Å². The zero-order valence-corrected chi connectivity index (χ0v) is 12.5. The molecule has 1 aliphatic rings. The van der Waals surface area contributed by atoms with E-state index in [1.54, 1.807) is 0 Å². The van der Waals surface area contributed by atoms with E-state index in [0.717, 1.165) is 19.6 Å². The number of rotatable bonds is 5. The van der Waals surface area contributed by atoms with Crippen molar-refractivity contribution in [3.63, 3.8) is 0 Å². The van der Waals surface area contributed by atoms with Crippen LogP contribution in [-0.2, 0) is 4.74 Å². The summed E-state index contributed by atoms with van der Waals surface area (Å²) in [5.74, 6) is 0. The van der Waals surface area contributed by atoms with Crippen LogP contribution < -0.4 is 5.32 Å². The molecule has 0 bridgehead atoms. The molecule has 102 valence electrons. The predicted octanol–water partition coefficient (Wildman–Crippen LogP) is 2.12. The van der Waals surface area contributed by atoms with Crippen LogP contribution in [0.3, 0.4) is 0 Å². The molecule has 1 fully saturated rings. The molecule has 1 aliphatic heterocycles. The van der Waals surface area contributed by atoms with Gasteiger partial charge in [0.05, 0.1) is 6.10 Å². The third kappa shape index (κ3) is 5.84. The van der Waals surface area contributed by atoms with Crippen LogP contribution in [-0.4, -0.2) is 49.8 Å². The van der Waals surface area contributed by atoms with Gasteiger partial charge in [-0.3, -0.25) is 0 Å². The van der Waals surface area contributed by atoms with Crippen LogP contribution in [0, 0.1) is 5.41 Å². The number of hydrogen-bond donors (Lipinski definition) is 1. The highest BCUT2D eigenvalue weighted by Crippen LogP contribution is 2.21. The standard InChI is InChI=1S/C14H30N2O/c1-13(2,3)15-10-14(4,5)11-16-8-7-12(9-16)17-6/h12,15H,7-11H2,1-6H3. The van der Waals surface area contributed by atoms with E-state index in [-0.39, 0.29) is 5.54 Å². The number of nitrogens with one attached hydrogen (secondary N) is 1. The molecule has 0 aromatic carbocycles. The largest absolute Gasteiger partial charge is 0.380 e. The van der Waals surface area contributed by atoms with Crippen LogP contribution in [0.1, 0.15) is 41.0 Å². The zero-order chi connectivity index (χ0) is 13.1. The molecule has 1 unspecified atom stereocenters. The molecule has 0 saturated carbocycles. The Labute approximate surface area is 107 Å². The third-order valence-electron chi connectivity index (χ3n) is 3.31. The Hall–Kier alpha value is -0.120. The molecule has 0 aliphatic carbocycles. The van der Waals surface area contributed by atoms with Crippen LogP contribution >= 0.6 is 0 Å². The molecule has 1 N–H and O–H groups in total. The highest BCUT2D eigenvalue weighted by atomic mass is 16.5. The first-order chi connectivity index (χ1) is 7.72. The first kappa shape index (κ1) is 14.9. The van der Waals surface area contributed by atoms with Gasteiger partial charge in [-0.1, -0.05) is 13.8 Å². The van der Waals surface area contributed by atoms with E-state index in [0.29, 0.717) is 11.5 Å². The molecule has 17 heavy (non-hydrogen) atoms. The Balaban J connectivity index is 2.34. The second-order valence-electron chi connectivity index (χ2n) is 7.15. The molecule has 0 aromatic heterocycles. The minimum Gasteiger partial charge on any atom is -0.380 e. The lowest BCUT2D eigenvalue weighted by Gasteiger charge is -2.33. The summed E-state index contributed by atoms with van der Waals surface area (Å²) in [4.78, 5) is 2.53. The van der Waals surface area contributed by atoms with Gasteiger partial charge in [0.25, 0.3) is 0 Å². The van der Waals surface area contributed by atoms with Crippen molar-refractivity contribution in [3.05, 3.63) is 0 Å². The van der Waals surface area contributed by atoms with Gasteiger partial charge in [-0.05, 0) is 32.6 Å². The van der Waals surface area contributed by atoms with Gasteiger partial charge in [-0.25, -0.2) is 0 Å². The Morgan fingerprint density at radius 3 is 2.35 bits per heavy atom. The quantitative estimate of drug-likeness (QED) is 0.799. The van der Waals surface area contributed by atoms with Crippen LogP contribution in [0.15, 0.2) is 0 Å². The van der Waals surface area contributed by atoms with E-state index in [4.69, 9.17) is 4.74 Å². The fourth-order valence-corrected chi connectivity index (χ4v) is 2.30. The first-order valence-corrected chi connectivity index (χ1v) is 6.72. The maximum absolute atomic E-state index is 5.41. The van der Waals surface area contributed by atoms with Crippen molar-refractivity contribution in [1.82, 2.24) is 10.2 Å². The second-order valence-corrected chi connectivity index (χ2v) is 7.15. The zero-order valence-electron chi connectivity index (χ0n) is 12.5. The highest BCUT2D eigenvalue weighted by molar-refractivity contribution is 4.84. The summed E-state index contributed by atoms with van der Waals surface area (Å²) in [6, 6.07) is 0. The average Bonchev–Trinajstić information content (AvgIpc) is 2.61. The Morgan fingerprint density at radius 2 is 1.88 bits per heavy atom. The maximum Gasteiger partial charge on any atom is 0.0710 e. The fourth-order valence-electron chi connectivity index (χ4n) is 2.30. The Bertz CT molecular complexity index is 233. The van der Waals surface area contributed by atoms with Crippen molar-refractivity contribution in [2.24, 2.45) is 5.41 Å². The second kappa shape index (κ2) is 5.68. The molecule has 0 spiro atoms. The number of likely N-dealkylation sites (tertiary alicyclic amines) is 1. The summed E-state index contributed by atoms with van der Waals surface area (Å²) in [5, 5.41) is 3.60. The van der Waals surface area contributed by atoms with Crippen LogP contribution in [0.4, 0.5) is 0 Å². The van der Waals surface area contributed by atoms with Gasteiger partial charge in [0.2, 0.25) is 0 Å². The van der Waals surface area contributed by atoms with Gasteiger partial charge >= 0.3 is 0 Å². The van der Waals surface area contributed by atoms with E-state index >= 15 is 0 Å². The lowest BCUT2D eigenvalue weighted by Crippen LogP contribution is -2.46. The SMILES string of the molecule is COC1CCN(CC(C)(C)CNC(C)(C)C)C1. The van der Waals surface area contributed by atoms with Crippen molar-refractivity contribution in [3.8, 4) is 0 Å². The van der Waals surface area contributed by atoms with Crippen LogP contribution in [0.2, 0.25) is 0 Å². The normalized spacial score (nSPS) is 23.3. The summed E-state index contributed by atoms with van der Waals surface area (Å²) in [5.41, 5.74) is 0.521. The summed E-state index contributed by atoms with van der Waals surface area (Å²) in [7, 11) is 1.82. The lowest BCUT2D eigenvalue weighted by atomic mass is 9.91. The third-order valence-corrected chi connectivity index (χ3v) is 3.31. The molecule has 3 nitrogen and oxygen atoms in total. The molecule has 1 atom stereocenters. The molecule has 1 heterocycles. The van der Waals surface area contributed by atoms with Gasteiger partial charge < -0.3 is 15.0 Å². The lowest BCUT2D eigenvalue weighted by molar-refractivity contribution is 0.1000. The molecule has 0 aromatic rings. The van der Waals surface area contributed by atoms with E-state index in [1.807, 2.05) is 7.11 Å². The number of nitrogens with zero attached hydrogens (tertiary/aromatic N) is 1. The summed E-state index contributed by atoms with van der Waals surface area (Å²) in [6.45, 7) is 15.8. The van der Waals surface area contributed by atoms with E-state index in [1.165, 1.54) is 13.0 Å². The topological polar surface area (TPSA) is 24.5 Å². The monoisotopic (exact) mass is 242 g/mol. The average molecular weight is 242 g/mol. The Kier molecular flexibility index (Phi) is 4.99. The van der Waals surface area contributed by atoms with Crippen molar-refractivity contribution in [2.75, 3.05) is 33.3 Å². The van der Waals surface area contributed by atoms with Crippen LogP contribution in [0.25, 0.3) is 0 Å². The minimum absolute atomic E-state index is 0.206. The minimum atomic E-state index is 0.206. The molecule has 0 amide bonds. The van der Waals surface area contributed by atoms with Gasteiger partial charge in [0, 0.05) is 38.8 Å². The van der Waals surface area contributed by atoms with Crippen molar-refractivity contribution in [1.29, 1.82) is 0 Å². The van der Waals surface area contributed by atoms with E-state index < -0.39 is 0 Å². The van der Waals surface area contributed by atoms with Crippen molar-refractivity contribution >= 4 is 0 Å². The Morgan fingerprint density at radius 1 is 1.24 bits per heavy atom. The van der Waals surface area contributed by atoms with Crippen LogP contribution in [0.5, 0.6) is 0 Å². The molecular formula is C14H30N2O. The van der Waals surface area contributed by atoms with Crippen molar-refractivity contribution in [2.45, 2.75) is 52.7 Å². The molecule has 3 heteroatoms. The van der Waals surface area contributed by atoms with Gasteiger partial charge in [0.15, 0.2) is 0 Å². The number of methoxy groups -OCH3 is 1. The molecule has 1 saturated heterocycles. The number of hydrogen-bond acceptors (Lipinski definition) is 3. The first-order valence-electron chi connectivity index (χ1n) is 6.72. The predicted molar refractivity (Wildman–Crippen MR) is 73.4 cm³/mol. The summed E-state index contributed by atoms with van der Waals surface area (Å²) < 4.78 is 5.41. The van der Waals surface area contributed by atoms with Gasteiger partial charge in [-0.15, -0.1) is 0 Å². The molecular weight excluding hydrogens is 212 g/mol. The molecule has 1 rings (SSSR count).